The van der Waals surface area contributed by atoms with Crippen molar-refractivity contribution in [2.45, 2.75) is 6.61 Å². The lowest BCUT2D eigenvalue weighted by molar-refractivity contribution is 0.282. The normalized spacial score (nSPS) is 10.8. The highest BCUT2D eigenvalue weighted by Gasteiger charge is 2.08. The lowest BCUT2D eigenvalue weighted by atomic mass is 10.1. The third-order valence-electron chi connectivity index (χ3n) is 2.07. The van der Waals surface area contributed by atoms with Gasteiger partial charge in [-0.25, -0.2) is 4.79 Å². The summed E-state index contributed by atoms with van der Waals surface area (Å²) in [4.78, 5) is 11.1. The Balaban J connectivity index is 2.90. The molecular formula is C10H7ClO4. The highest BCUT2D eigenvalue weighted by molar-refractivity contribution is 6.32. The van der Waals surface area contributed by atoms with Crippen LogP contribution in [0.3, 0.4) is 0 Å². The Morgan fingerprint density at radius 2 is 2.07 bits per heavy atom. The van der Waals surface area contributed by atoms with Gasteiger partial charge in [-0.3, -0.25) is 0 Å². The molecule has 0 saturated heterocycles. The summed E-state index contributed by atoms with van der Waals surface area (Å²) in [6.45, 7) is -0.288. The van der Waals surface area contributed by atoms with Crippen LogP contribution in [0.5, 0.6) is 5.75 Å². The van der Waals surface area contributed by atoms with Crippen LogP contribution in [0.1, 0.15) is 5.56 Å². The molecular weight excluding hydrogens is 220 g/mol. The molecule has 4 nitrogen and oxygen atoms in total. The van der Waals surface area contributed by atoms with Crippen molar-refractivity contribution in [3.63, 3.8) is 0 Å². The molecule has 0 aliphatic rings. The summed E-state index contributed by atoms with van der Waals surface area (Å²) < 4.78 is 4.85. The molecule has 0 spiro atoms. The topological polar surface area (TPSA) is 70.7 Å². The molecule has 0 aliphatic heterocycles. The monoisotopic (exact) mass is 226 g/mol. The number of rotatable bonds is 1. The van der Waals surface area contributed by atoms with Crippen LogP contribution in [0.15, 0.2) is 27.4 Å². The van der Waals surface area contributed by atoms with E-state index >= 15 is 0 Å². The fourth-order valence-electron chi connectivity index (χ4n) is 1.37. The lowest BCUT2D eigenvalue weighted by Gasteiger charge is -2.03. The summed E-state index contributed by atoms with van der Waals surface area (Å²) in [7, 11) is 0. The minimum atomic E-state index is -0.576. The molecule has 0 saturated carbocycles. The number of phenolic OH excluding ortho intramolecular Hbond substituents is 1. The first-order chi connectivity index (χ1) is 7.11. The molecule has 1 aromatic carbocycles. The van der Waals surface area contributed by atoms with E-state index in [9.17, 15) is 9.90 Å². The first-order valence-electron chi connectivity index (χ1n) is 4.18. The van der Waals surface area contributed by atoms with Gasteiger partial charge in [0.15, 0.2) is 0 Å². The Bertz CT molecular complexity index is 573. The van der Waals surface area contributed by atoms with Gasteiger partial charge in [-0.2, -0.15) is 0 Å². The zero-order valence-electron chi connectivity index (χ0n) is 7.53. The SMILES string of the molecule is O=c1cc(CO)c2cc(Cl)c(O)cc2o1. The van der Waals surface area contributed by atoms with E-state index in [1.54, 1.807) is 0 Å². The average molecular weight is 227 g/mol. The van der Waals surface area contributed by atoms with Crippen molar-refractivity contribution >= 4 is 22.6 Å². The molecule has 5 heteroatoms. The van der Waals surface area contributed by atoms with Crippen molar-refractivity contribution in [2.75, 3.05) is 0 Å². The maximum atomic E-state index is 11.1. The smallest absolute Gasteiger partial charge is 0.336 e. The molecule has 78 valence electrons. The second-order valence-corrected chi connectivity index (χ2v) is 3.46. The molecule has 0 atom stereocenters. The van der Waals surface area contributed by atoms with Crippen LogP contribution in [0, 0.1) is 0 Å². The van der Waals surface area contributed by atoms with Crippen LogP contribution in [-0.2, 0) is 6.61 Å². The van der Waals surface area contributed by atoms with Crippen LogP contribution < -0.4 is 5.63 Å². The van der Waals surface area contributed by atoms with E-state index in [0.717, 1.165) is 0 Å². The average Bonchev–Trinajstić information content (AvgIpc) is 2.19. The molecule has 0 aliphatic carbocycles. The first kappa shape index (κ1) is 10.0. The van der Waals surface area contributed by atoms with Crippen molar-refractivity contribution in [1.82, 2.24) is 0 Å². The summed E-state index contributed by atoms with van der Waals surface area (Å²) in [5, 5.41) is 19.0. The minimum Gasteiger partial charge on any atom is -0.506 e. The second kappa shape index (κ2) is 3.56. The number of aromatic hydroxyl groups is 1. The highest BCUT2D eigenvalue weighted by atomic mass is 35.5. The molecule has 0 unspecified atom stereocenters. The van der Waals surface area contributed by atoms with E-state index in [1.165, 1.54) is 18.2 Å². The van der Waals surface area contributed by atoms with E-state index in [0.29, 0.717) is 10.9 Å². The van der Waals surface area contributed by atoms with Crippen LogP contribution in [0.25, 0.3) is 11.0 Å². The summed E-state index contributed by atoms with van der Waals surface area (Å²) in [5.74, 6) is -0.164. The number of fused-ring (bicyclic) bond motifs is 1. The largest absolute Gasteiger partial charge is 0.506 e. The van der Waals surface area contributed by atoms with Crippen LogP contribution in [0.2, 0.25) is 5.02 Å². The molecule has 0 fully saturated rings. The van der Waals surface area contributed by atoms with Crippen molar-refractivity contribution in [1.29, 1.82) is 0 Å². The molecule has 0 bridgehead atoms. The molecule has 2 N–H and O–H groups in total. The Kier molecular flexibility index (Phi) is 2.38. The van der Waals surface area contributed by atoms with Crippen LogP contribution >= 0.6 is 11.6 Å². The van der Waals surface area contributed by atoms with Gasteiger partial charge in [0.1, 0.15) is 11.3 Å². The fraction of sp³-hybridized carbons (Fsp3) is 0.100. The molecule has 0 amide bonds. The summed E-state index contributed by atoms with van der Waals surface area (Å²) in [6.07, 6.45) is 0. The van der Waals surface area contributed by atoms with Gasteiger partial charge in [0.25, 0.3) is 0 Å². The van der Waals surface area contributed by atoms with E-state index in [1.807, 2.05) is 0 Å². The molecule has 2 rings (SSSR count). The quantitative estimate of drug-likeness (QED) is 0.726. The van der Waals surface area contributed by atoms with E-state index in [4.69, 9.17) is 21.1 Å². The van der Waals surface area contributed by atoms with E-state index < -0.39 is 5.63 Å². The van der Waals surface area contributed by atoms with Crippen molar-refractivity contribution in [3.05, 3.63) is 39.2 Å². The Hall–Kier alpha value is -1.52. The summed E-state index contributed by atoms with van der Waals surface area (Å²) >= 11 is 5.70. The molecule has 1 heterocycles. The van der Waals surface area contributed by atoms with Crippen LogP contribution in [0.4, 0.5) is 0 Å². The predicted molar refractivity (Wildman–Crippen MR) is 55.1 cm³/mol. The molecule has 1 aromatic heterocycles. The summed E-state index contributed by atoms with van der Waals surface area (Å²) in [6, 6.07) is 3.88. The standard InChI is InChI=1S/C10H7ClO4/c11-7-2-6-5(4-12)1-10(14)15-9(6)3-8(7)13/h1-3,12-13H,4H2. The number of benzene rings is 1. The van der Waals surface area contributed by atoms with Gasteiger partial charge in [-0.15, -0.1) is 0 Å². The number of hydrogen-bond donors (Lipinski definition) is 2. The van der Waals surface area contributed by atoms with E-state index in [-0.39, 0.29) is 23.0 Å². The number of hydrogen-bond acceptors (Lipinski definition) is 4. The Morgan fingerprint density at radius 1 is 1.33 bits per heavy atom. The zero-order valence-corrected chi connectivity index (χ0v) is 8.28. The van der Waals surface area contributed by atoms with Crippen molar-refractivity contribution in [2.24, 2.45) is 0 Å². The molecule has 2 aromatic rings. The van der Waals surface area contributed by atoms with Crippen molar-refractivity contribution < 1.29 is 14.6 Å². The zero-order chi connectivity index (χ0) is 11.0. The number of phenols is 1. The second-order valence-electron chi connectivity index (χ2n) is 3.05. The van der Waals surface area contributed by atoms with E-state index in [2.05, 4.69) is 0 Å². The number of aliphatic hydroxyl groups excluding tert-OH is 1. The predicted octanol–water partition coefficient (Wildman–Crippen LogP) is 1.64. The third-order valence-corrected chi connectivity index (χ3v) is 2.37. The van der Waals surface area contributed by atoms with Gasteiger partial charge in [-0.1, -0.05) is 11.6 Å². The maximum Gasteiger partial charge on any atom is 0.336 e. The van der Waals surface area contributed by atoms with Gasteiger partial charge in [-0.05, 0) is 11.6 Å². The number of halogens is 1. The van der Waals surface area contributed by atoms with Gasteiger partial charge in [0.05, 0.1) is 11.6 Å². The fourth-order valence-corrected chi connectivity index (χ4v) is 1.53. The van der Waals surface area contributed by atoms with Gasteiger partial charge in [0, 0.05) is 17.5 Å². The minimum absolute atomic E-state index is 0.144. The Labute approximate surface area is 89.3 Å². The van der Waals surface area contributed by atoms with Crippen molar-refractivity contribution in [3.8, 4) is 5.75 Å². The first-order valence-corrected chi connectivity index (χ1v) is 4.55. The van der Waals surface area contributed by atoms with Crippen LogP contribution in [-0.4, -0.2) is 10.2 Å². The van der Waals surface area contributed by atoms with Gasteiger partial charge in [0.2, 0.25) is 0 Å². The van der Waals surface area contributed by atoms with Gasteiger partial charge >= 0.3 is 5.63 Å². The molecule has 15 heavy (non-hydrogen) atoms. The third kappa shape index (κ3) is 1.69. The van der Waals surface area contributed by atoms with Gasteiger partial charge < -0.3 is 14.6 Å². The maximum absolute atomic E-state index is 11.1. The molecule has 0 radical (unpaired) electrons. The number of aliphatic hydroxyl groups is 1. The Morgan fingerprint density at radius 3 is 2.73 bits per heavy atom. The lowest BCUT2D eigenvalue weighted by Crippen LogP contribution is -2.00. The highest BCUT2D eigenvalue weighted by Crippen LogP contribution is 2.29. The summed E-state index contributed by atoms with van der Waals surface area (Å²) in [5.41, 5.74) is 0.0462.